The topological polar surface area (TPSA) is 539 Å². The Morgan fingerprint density at radius 2 is 1.01 bits per heavy atom. The van der Waals surface area contributed by atoms with Gasteiger partial charge >= 0.3 is 0 Å². The Morgan fingerprint density at radius 1 is 0.525 bits per heavy atom. The number of carbonyl (C=O) groups excluding carboxylic acids is 14. The molecule has 0 aromatic rings. The zero-order valence-electron chi connectivity index (χ0n) is 59.9. The summed E-state index contributed by atoms with van der Waals surface area (Å²) in [7, 11) is 1.09. The van der Waals surface area contributed by atoms with E-state index in [1.165, 1.54) is 48.5 Å². The molecule has 0 radical (unpaired) electrons. The van der Waals surface area contributed by atoms with Gasteiger partial charge in [-0.25, -0.2) is 0 Å². The number of hydrogen-bond donors (Lipinski definition) is 18. The van der Waals surface area contributed by atoms with E-state index in [9.17, 15) is 97.8 Å². The molecule has 0 aromatic heterocycles. The molecule has 0 unspecified atom stereocenters. The summed E-state index contributed by atoms with van der Waals surface area (Å²) in [5.74, 6) is -19.4. The Balaban J connectivity index is 3.01. The number of hydrogen-bond acceptors (Lipinski definition) is 20. The summed E-state index contributed by atoms with van der Waals surface area (Å²) < 4.78 is 0. The third-order valence-electron chi connectivity index (χ3n) is 17.7. The predicted molar refractivity (Wildman–Crippen MR) is 358 cm³/mol. The lowest BCUT2D eigenvalue weighted by molar-refractivity contribution is -0.148. The van der Waals surface area contributed by atoms with Gasteiger partial charge < -0.3 is 105 Å². The van der Waals surface area contributed by atoms with Crippen molar-refractivity contribution >= 4 is 82.7 Å². The molecule has 34 heteroatoms. The standard InChI is InChI=1S/C65H114N14O20/c1-16-18-19-20-21-22-37-26-43(84)72-44(30(5)6)58(92)76-47(51(85)31(7)8)60(94)68-34(12)55(89)75-48(52(86)32(9)10)61(95)70-39(23-24-42(66)83)64(98)78(15)50(33(11)17-2)63(97)77-49(53(87)54(67)88)62(96)74-46(36(14)81)65(99)79-28-38(82)27-41(79)57(91)71-40(25-29(3)4)56(90)73-45(35(13)80)59(93)69-37/h29-41,44-53,80-82,85-87H,16-28H2,1-15H3,(H2,66,83)(H2,67,88)(H,68,94)(H,69,93)(H,70,95)(H,71,91)(H,72,84)(H,73,90)(H,74,96)(H,75,89)(H,76,92)(H,77,97)/t33-,34-,35+,36+,37+,38+,39-,40+,41-,44-,45-,46-,47-,48+,49+,50-,51-,52-,53+/m0/s1. The van der Waals surface area contributed by atoms with E-state index in [1.807, 2.05) is 6.92 Å². The third kappa shape index (κ3) is 26.8. The highest BCUT2D eigenvalue weighted by Crippen LogP contribution is 2.23. The van der Waals surface area contributed by atoms with Gasteiger partial charge in [-0.2, -0.15) is 0 Å². The maximum Gasteiger partial charge on any atom is 0.248 e. The number of primary amides is 2. The van der Waals surface area contributed by atoms with Crippen molar-refractivity contribution < 1.29 is 97.8 Å². The van der Waals surface area contributed by atoms with E-state index in [2.05, 4.69) is 53.2 Å². The molecule has 2 heterocycles. The number of rotatable bonds is 22. The van der Waals surface area contributed by atoms with Gasteiger partial charge in [-0.05, 0) is 69.6 Å². The largest absolute Gasteiger partial charge is 0.391 e. The maximum atomic E-state index is 14.8. The van der Waals surface area contributed by atoms with Crippen LogP contribution in [0.5, 0.6) is 0 Å². The Hall–Kier alpha value is -7.66. The van der Waals surface area contributed by atoms with Crippen molar-refractivity contribution in [1.29, 1.82) is 0 Å². The van der Waals surface area contributed by atoms with Crippen LogP contribution in [-0.2, 0) is 67.1 Å². The molecule has 0 spiro atoms. The van der Waals surface area contributed by atoms with E-state index in [-0.39, 0.29) is 25.2 Å². The number of nitrogens with one attached hydrogen (secondary N) is 10. The number of amides is 14. The Labute approximate surface area is 579 Å². The SMILES string of the molecule is CCCCCCC[C@@H]1CC(=O)N[C@@H](C(C)C)C(=O)N[C@@H]([C@@H](O)C(C)C)C(=O)N[C@@H](C)C(=O)N[C@H]([C@@H](O)C(C)C)C(=O)N[C@@H](CCC(N)=O)C(=O)N(C)[C@@H]([C@@H](C)CC)C(=O)N[C@H]([C@@H](O)C(N)=O)C(=O)N[C@@H]([C@@H](C)O)C(=O)N2C[C@H](O)C[C@H]2C(=O)N[C@H](CC(C)C)C(=O)N[C@@H]([C@@H](C)O)C(=O)N1. The second-order valence-corrected chi connectivity index (χ2v) is 27.8. The van der Waals surface area contributed by atoms with Crippen LogP contribution >= 0.6 is 0 Å². The average Bonchev–Trinajstić information content (AvgIpc) is 1.78. The van der Waals surface area contributed by atoms with Crippen LogP contribution in [0.15, 0.2) is 0 Å². The molecule has 0 aromatic carbocycles. The van der Waals surface area contributed by atoms with Gasteiger partial charge in [-0.3, -0.25) is 67.1 Å². The lowest BCUT2D eigenvalue weighted by atomic mass is 9.94. The summed E-state index contributed by atoms with van der Waals surface area (Å²) in [5, 5.41) is 91.8. The molecule has 34 nitrogen and oxygen atoms in total. The van der Waals surface area contributed by atoms with Crippen molar-refractivity contribution in [2.75, 3.05) is 13.6 Å². The Bertz CT molecular complexity index is 2790. The summed E-state index contributed by atoms with van der Waals surface area (Å²) in [6, 6.07) is -20.7. The molecule has 2 fully saturated rings. The zero-order chi connectivity index (χ0) is 75.8. The number of aliphatic hydroxyl groups excluding tert-OH is 6. The van der Waals surface area contributed by atoms with E-state index < -0.39 is 248 Å². The first-order chi connectivity index (χ1) is 46.0. The van der Waals surface area contributed by atoms with Crippen molar-refractivity contribution in [2.45, 2.75) is 283 Å². The second kappa shape index (κ2) is 41.2. The van der Waals surface area contributed by atoms with Crippen molar-refractivity contribution in [3.05, 3.63) is 0 Å². The molecule has 99 heavy (non-hydrogen) atoms. The number of fused-ring (bicyclic) bond motifs is 1. The molecule has 0 aliphatic carbocycles. The molecular weight excluding hydrogens is 1300 g/mol. The zero-order valence-corrected chi connectivity index (χ0v) is 59.9. The molecule has 0 saturated carbocycles. The summed E-state index contributed by atoms with van der Waals surface area (Å²) in [4.78, 5) is 199. The number of carbonyl (C=O) groups is 14. The van der Waals surface area contributed by atoms with E-state index in [0.29, 0.717) is 12.8 Å². The quantitative estimate of drug-likeness (QED) is 0.0452. The first-order valence-electron chi connectivity index (χ1n) is 34.3. The number of nitrogens with zero attached hydrogens (tertiary/aromatic N) is 2. The lowest BCUT2D eigenvalue weighted by Crippen LogP contribution is -2.65. The smallest absolute Gasteiger partial charge is 0.248 e. The average molecular weight is 1410 g/mol. The molecule has 564 valence electrons. The van der Waals surface area contributed by atoms with E-state index >= 15 is 0 Å². The first kappa shape index (κ1) is 87.4. The van der Waals surface area contributed by atoms with Crippen LogP contribution in [0, 0.1) is 29.6 Å². The fraction of sp³-hybridized carbons (Fsp3) is 0.785. The second-order valence-electron chi connectivity index (χ2n) is 27.8. The third-order valence-corrected chi connectivity index (χ3v) is 17.7. The van der Waals surface area contributed by atoms with Gasteiger partial charge in [-0.15, -0.1) is 0 Å². The summed E-state index contributed by atoms with van der Waals surface area (Å²) in [6.45, 7) is 20.4. The van der Waals surface area contributed by atoms with E-state index in [1.54, 1.807) is 34.6 Å². The lowest BCUT2D eigenvalue weighted by Gasteiger charge is -2.36. The highest BCUT2D eigenvalue weighted by molar-refractivity contribution is 6.01. The fourth-order valence-electron chi connectivity index (χ4n) is 11.4. The fourth-order valence-corrected chi connectivity index (χ4v) is 11.4. The van der Waals surface area contributed by atoms with E-state index in [4.69, 9.17) is 11.5 Å². The van der Waals surface area contributed by atoms with Gasteiger partial charge in [0.05, 0.1) is 30.5 Å². The van der Waals surface area contributed by atoms with Crippen molar-refractivity contribution in [2.24, 2.45) is 41.1 Å². The van der Waals surface area contributed by atoms with Crippen LogP contribution in [0.2, 0.25) is 0 Å². The van der Waals surface area contributed by atoms with Gasteiger partial charge in [0.15, 0.2) is 6.10 Å². The summed E-state index contributed by atoms with van der Waals surface area (Å²) in [5.41, 5.74) is 11.0. The minimum absolute atomic E-state index is 0.0874. The van der Waals surface area contributed by atoms with Crippen LogP contribution in [0.25, 0.3) is 0 Å². The summed E-state index contributed by atoms with van der Waals surface area (Å²) >= 11 is 0. The van der Waals surface area contributed by atoms with Crippen LogP contribution in [-0.4, -0.2) is 246 Å². The molecule has 2 saturated heterocycles. The van der Waals surface area contributed by atoms with Crippen molar-refractivity contribution in [1.82, 2.24) is 63.0 Å². The van der Waals surface area contributed by atoms with Gasteiger partial charge in [0.25, 0.3) is 0 Å². The van der Waals surface area contributed by atoms with Gasteiger partial charge in [0.1, 0.15) is 66.5 Å². The number of nitrogens with two attached hydrogens (primary N) is 2. The number of likely N-dealkylation sites (N-methyl/N-ethyl adjacent to an activating group) is 1. The Kier molecular flexibility index (Phi) is 36.4. The van der Waals surface area contributed by atoms with Crippen LogP contribution in [0.1, 0.15) is 174 Å². The molecule has 2 aliphatic heterocycles. The maximum absolute atomic E-state index is 14.8. The van der Waals surface area contributed by atoms with Gasteiger partial charge in [-0.1, -0.05) is 115 Å². The molecule has 14 amide bonds. The number of aliphatic hydroxyl groups is 6. The number of unbranched alkanes of at least 4 members (excludes halogenated alkanes) is 4. The highest BCUT2D eigenvalue weighted by Gasteiger charge is 2.47. The van der Waals surface area contributed by atoms with Gasteiger partial charge in [0, 0.05) is 38.9 Å². The predicted octanol–water partition coefficient (Wildman–Crippen LogP) is -4.94. The van der Waals surface area contributed by atoms with Crippen molar-refractivity contribution in [3.8, 4) is 0 Å². The first-order valence-corrected chi connectivity index (χ1v) is 34.3. The molecule has 0 bridgehead atoms. The monoisotopic (exact) mass is 1410 g/mol. The van der Waals surface area contributed by atoms with E-state index in [0.717, 1.165) is 43.0 Å². The minimum atomic E-state index is -2.60. The Morgan fingerprint density at radius 3 is 1.52 bits per heavy atom. The molecule has 19 atom stereocenters. The van der Waals surface area contributed by atoms with Gasteiger partial charge in [0.2, 0.25) is 82.7 Å². The molecular formula is C65H114N14O20. The van der Waals surface area contributed by atoms with Crippen LogP contribution < -0.4 is 64.6 Å². The normalized spacial score (nSPS) is 28.5. The van der Waals surface area contributed by atoms with Crippen LogP contribution in [0.3, 0.4) is 0 Å². The minimum Gasteiger partial charge on any atom is -0.391 e. The van der Waals surface area contributed by atoms with Crippen molar-refractivity contribution in [3.63, 3.8) is 0 Å². The summed E-state index contributed by atoms with van der Waals surface area (Å²) in [6.07, 6.45) is -9.06. The molecule has 2 aliphatic rings. The highest BCUT2D eigenvalue weighted by atomic mass is 16.3. The molecule has 2 rings (SSSR count). The molecule has 20 N–H and O–H groups in total. The van der Waals surface area contributed by atoms with Crippen LogP contribution in [0.4, 0.5) is 0 Å².